The molecule has 3 heterocycles. The van der Waals surface area contributed by atoms with Crippen molar-refractivity contribution in [1.82, 2.24) is 9.34 Å². The van der Waals surface area contributed by atoms with Crippen LogP contribution in [-0.4, -0.2) is 95.4 Å². The Labute approximate surface area is 173 Å². The highest BCUT2D eigenvalue weighted by Gasteiger charge is 2.51. The van der Waals surface area contributed by atoms with Gasteiger partial charge in [-0.25, -0.2) is 9.34 Å². The fourth-order valence-corrected chi connectivity index (χ4v) is 8.33. The molecule has 9 heteroatoms. The van der Waals surface area contributed by atoms with E-state index in [0.29, 0.717) is 65.8 Å². The molecule has 0 bridgehead atoms. The lowest BCUT2D eigenvalue weighted by molar-refractivity contribution is -0.925. The van der Waals surface area contributed by atoms with Crippen molar-refractivity contribution in [2.24, 2.45) is 0 Å². The molecule has 162 valence electrons. The number of methoxy groups -OCH3 is 1. The molecule has 29 heavy (non-hydrogen) atoms. The summed E-state index contributed by atoms with van der Waals surface area (Å²) in [6.07, 6.45) is 0. The van der Waals surface area contributed by atoms with Gasteiger partial charge in [0.25, 0.3) is 7.44 Å². The summed E-state index contributed by atoms with van der Waals surface area (Å²) in [7, 11) is -1.25. The third-order valence-corrected chi connectivity index (χ3v) is 9.83. The van der Waals surface area contributed by atoms with Crippen molar-refractivity contribution in [3.05, 3.63) is 29.8 Å². The van der Waals surface area contributed by atoms with E-state index in [1.165, 1.54) is 4.90 Å². The molecule has 0 spiro atoms. The van der Waals surface area contributed by atoms with Gasteiger partial charge in [-0.15, -0.1) is 0 Å². The van der Waals surface area contributed by atoms with Crippen LogP contribution in [0.3, 0.4) is 0 Å². The van der Waals surface area contributed by atoms with Gasteiger partial charge in [-0.1, -0.05) is 0 Å². The van der Waals surface area contributed by atoms with Crippen molar-refractivity contribution < 1.29 is 28.4 Å². The molecule has 1 N–H and O–H groups in total. The second-order valence-corrected chi connectivity index (χ2v) is 10.5. The van der Waals surface area contributed by atoms with Crippen molar-refractivity contribution in [2.45, 2.75) is 5.78 Å². The third-order valence-electron chi connectivity index (χ3n) is 6.08. The molecule has 1 aromatic rings. The number of nitrogens with zero attached hydrogens (tertiary/aromatic N) is 2. The fourth-order valence-electron chi connectivity index (χ4n) is 4.55. The Morgan fingerprint density at radius 2 is 1.34 bits per heavy atom. The van der Waals surface area contributed by atoms with Gasteiger partial charge in [0.2, 0.25) is 0 Å². The molecule has 3 aliphatic rings. The number of hydrogen-bond donors (Lipinski definition) is 1. The summed E-state index contributed by atoms with van der Waals surface area (Å²) in [5, 5.41) is 0. The van der Waals surface area contributed by atoms with Crippen LogP contribution in [0.15, 0.2) is 24.3 Å². The van der Waals surface area contributed by atoms with Crippen LogP contribution in [0.5, 0.6) is 5.75 Å². The average Bonchev–Trinajstić information content (AvgIpc) is 2.81. The normalized spacial score (nSPS) is 24.3. The summed E-state index contributed by atoms with van der Waals surface area (Å²) in [4.78, 5) is 1.34. The van der Waals surface area contributed by atoms with E-state index in [0.717, 1.165) is 24.4 Å². The van der Waals surface area contributed by atoms with Crippen molar-refractivity contribution >= 4 is 7.44 Å². The van der Waals surface area contributed by atoms with Crippen LogP contribution in [0, 0.1) is 0 Å². The minimum absolute atomic E-state index is 0.131. The van der Waals surface area contributed by atoms with Gasteiger partial charge >= 0.3 is 0 Å². The van der Waals surface area contributed by atoms with E-state index in [1.54, 1.807) is 7.11 Å². The molecule has 8 nitrogen and oxygen atoms in total. The van der Waals surface area contributed by atoms with Crippen LogP contribution in [-0.2, 0) is 18.8 Å². The first-order valence-corrected chi connectivity index (χ1v) is 12.2. The topological polar surface area (TPSA) is 64.9 Å². The molecule has 0 saturated carbocycles. The van der Waals surface area contributed by atoms with Gasteiger partial charge in [-0.3, -0.25) is 4.57 Å². The van der Waals surface area contributed by atoms with Gasteiger partial charge in [0, 0.05) is 31.7 Å². The highest BCUT2D eigenvalue weighted by Crippen LogP contribution is 2.62. The summed E-state index contributed by atoms with van der Waals surface area (Å²) >= 11 is 0. The molecule has 4 rings (SSSR count). The lowest BCUT2D eigenvalue weighted by Crippen LogP contribution is -3.14. The summed E-state index contributed by atoms with van der Waals surface area (Å²) in [5.41, 5.74) is 1.10. The number of benzene rings is 1. The molecule has 3 saturated heterocycles. The first-order valence-electron chi connectivity index (χ1n) is 10.6. The van der Waals surface area contributed by atoms with Gasteiger partial charge in [0.1, 0.15) is 18.8 Å². The van der Waals surface area contributed by atoms with Crippen molar-refractivity contribution in [3.8, 4) is 5.75 Å². The van der Waals surface area contributed by atoms with E-state index in [-0.39, 0.29) is 5.78 Å². The van der Waals surface area contributed by atoms with E-state index in [2.05, 4.69) is 21.5 Å². The van der Waals surface area contributed by atoms with E-state index in [1.807, 2.05) is 12.1 Å². The third kappa shape index (κ3) is 4.54. The van der Waals surface area contributed by atoms with Crippen molar-refractivity contribution in [2.75, 3.05) is 86.0 Å². The maximum absolute atomic E-state index is 15.1. The molecule has 1 aromatic carbocycles. The van der Waals surface area contributed by atoms with E-state index >= 15 is 4.57 Å². The van der Waals surface area contributed by atoms with Gasteiger partial charge in [0.15, 0.2) is 5.78 Å². The molecule has 0 aliphatic carbocycles. The predicted octanol–water partition coefficient (Wildman–Crippen LogP) is 0.466. The zero-order valence-corrected chi connectivity index (χ0v) is 18.1. The molecule has 0 aromatic heterocycles. The van der Waals surface area contributed by atoms with Crippen LogP contribution in [0.25, 0.3) is 0 Å². The summed E-state index contributed by atoms with van der Waals surface area (Å²) in [5.74, 6) is 0.686. The van der Waals surface area contributed by atoms with E-state index < -0.39 is 7.44 Å². The maximum Gasteiger partial charge on any atom is 0.277 e. The number of morpholine rings is 3. The molecule has 0 unspecified atom stereocenters. The lowest BCUT2D eigenvalue weighted by Gasteiger charge is -2.47. The maximum atomic E-state index is 15.1. The van der Waals surface area contributed by atoms with Gasteiger partial charge in [0.05, 0.1) is 46.8 Å². The number of quaternary nitrogens is 1. The van der Waals surface area contributed by atoms with Crippen LogP contribution in [0.4, 0.5) is 0 Å². The van der Waals surface area contributed by atoms with Crippen molar-refractivity contribution in [3.63, 3.8) is 0 Å². The zero-order chi connectivity index (χ0) is 20.1. The largest absolute Gasteiger partial charge is 0.497 e. The minimum atomic E-state index is -2.92. The first-order chi connectivity index (χ1) is 14.2. The summed E-state index contributed by atoms with van der Waals surface area (Å²) in [6, 6.07) is 8.12. The molecule has 3 fully saturated rings. The Bertz CT molecular complexity index is 664. The average molecular weight is 426 g/mol. The van der Waals surface area contributed by atoms with E-state index in [4.69, 9.17) is 18.9 Å². The summed E-state index contributed by atoms with van der Waals surface area (Å²) in [6.45, 7) is 8.42. The van der Waals surface area contributed by atoms with Crippen LogP contribution >= 0.6 is 7.44 Å². The quantitative estimate of drug-likeness (QED) is 0.664. The Kier molecular flexibility index (Phi) is 7.24. The van der Waals surface area contributed by atoms with Crippen LogP contribution in [0.2, 0.25) is 0 Å². The first kappa shape index (κ1) is 21.2. The minimum Gasteiger partial charge on any atom is -0.497 e. The zero-order valence-electron chi connectivity index (χ0n) is 17.3. The highest BCUT2D eigenvalue weighted by atomic mass is 31.2. The Morgan fingerprint density at radius 3 is 1.83 bits per heavy atom. The molecular weight excluding hydrogens is 393 g/mol. The fraction of sp³-hybridized carbons (Fsp3) is 0.700. The van der Waals surface area contributed by atoms with Crippen LogP contribution in [0.1, 0.15) is 11.3 Å². The van der Waals surface area contributed by atoms with Crippen LogP contribution < -0.4 is 9.64 Å². The second-order valence-electron chi connectivity index (χ2n) is 7.67. The number of hydrogen-bond acceptors (Lipinski definition) is 5. The SMILES string of the molecule is COc1ccc([C@@H]([NH+]2CCOCC2)P(=O)(N2CCOCC2)N2CCOCC2)cc1. The highest BCUT2D eigenvalue weighted by molar-refractivity contribution is 7.59. The number of nitrogens with one attached hydrogen (secondary N) is 1. The Morgan fingerprint density at radius 1 is 0.862 bits per heavy atom. The standard InChI is InChI=1S/C20H32N3O5P/c1-25-19-4-2-18(3-5-19)20(21-6-12-26-13-7-21)29(24,22-8-14-27-15-9-22)23-10-16-28-17-11-23/h2-5,20H,6-17H2,1H3/p+1/t20-/m0/s1. The number of rotatable bonds is 6. The lowest BCUT2D eigenvalue weighted by atomic mass is 10.2. The van der Waals surface area contributed by atoms with Gasteiger partial charge < -0.3 is 23.8 Å². The molecule has 1 atom stereocenters. The second kappa shape index (κ2) is 9.88. The monoisotopic (exact) mass is 426 g/mol. The Hall–Kier alpha value is -0.990. The Balaban J connectivity index is 1.76. The molecule has 0 radical (unpaired) electrons. The molecular formula is C20H33N3O5P+. The molecule has 3 aliphatic heterocycles. The molecule has 0 amide bonds. The predicted molar refractivity (Wildman–Crippen MR) is 110 cm³/mol. The number of ether oxygens (including phenoxy) is 4. The smallest absolute Gasteiger partial charge is 0.277 e. The van der Waals surface area contributed by atoms with Crippen molar-refractivity contribution in [1.29, 1.82) is 0 Å². The summed E-state index contributed by atoms with van der Waals surface area (Å²) < 4.78 is 41.7. The van der Waals surface area contributed by atoms with Gasteiger partial charge in [-0.2, -0.15) is 0 Å². The van der Waals surface area contributed by atoms with E-state index in [9.17, 15) is 0 Å². The van der Waals surface area contributed by atoms with Gasteiger partial charge in [-0.05, 0) is 24.3 Å².